The number of ether oxygens (including phenoxy) is 1. The number of imidazole rings is 1. The van der Waals surface area contributed by atoms with Gasteiger partial charge in [-0.1, -0.05) is 23.8 Å². The standard InChI is InChI=1S/C21H25N5O.C2HF3O2/c1-16-4-3-5-18(8-16)19-10-22-20-13-27-21(15-26(19)20)6-7-25(14-21)12-17-9-23-24(2)11-17;3-2(4,5)1(6)7/h3-5,8-11H,6-7,12-15H2,1-2H3;(H,6,7). The lowest BCUT2D eigenvalue weighted by Gasteiger charge is -2.35. The fourth-order valence-corrected chi connectivity index (χ4v) is 4.41. The molecule has 1 aromatic carbocycles. The van der Waals surface area contributed by atoms with Crippen LogP contribution < -0.4 is 0 Å². The highest BCUT2D eigenvalue weighted by Crippen LogP contribution is 2.35. The van der Waals surface area contributed by atoms with Crippen molar-refractivity contribution in [2.45, 2.75) is 44.8 Å². The molecular weight excluding hydrogens is 451 g/mol. The van der Waals surface area contributed by atoms with Gasteiger partial charge in [0.2, 0.25) is 0 Å². The first-order valence-corrected chi connectivity index (χ1v) is 10.8. The van der Waals surface area contributed by atoms with Crippen molar-refractivity contribution in [2.75, 3.05) is 13.1 Å². The van der Waals surface area contributed by atoms with Gasteiger partial charge in [0.1, 0.15) is 18.0 Å². The minimum atomic E-state index is -5.08. The Morgan fingerprint density at radius 1 is 1.26 bits per heavy atom. The molecule has 0 saturated carbocycles. The van der Waals surface area contributed by atoms with Crippen molar-refractivity contribution < 1.29 is 27.8 Å². The number of hydrogen-bond acceptors (Lipinski definition) is 5. The lowest BCUT2D eigenvalue weighted by atomic mass is 10.0. The molecular formula is C23H26F3N5O3. The van der Waals surface area contributed by atoms with Gasteiger partial charge in [-0.15, -0.1) is 0 Å². The molecule has 4 heterocycles. The highest BCUT2D eigenvalue weighted by molar-refractivity contribution is 5.73. The molecule has 2 aliphatic rings. The second kappa shape index (κ2) is 9.22. The van der Waals surface area contributed by atoms with E-state index in [-0.39, 0.29) is 5.60 Å². The van der Waals surface area contributed by atoms with E-state index in [0.717, 1.165) is 38.4 Å². The van der Waals surface area contributed by atoms with Crippen LogP contribution in [-0.2, 0) is 36.3 Å². The number of carboxylic acid groups (broad SMARTS) is 1. The molecule has 1 N–H and O–H groups in total. The zero-order valence-electron chi connectivity index (χ0n) is 18.9. The molecule has 1 saturated heterocycles. The van der Waals surface area contributed by atoms with Crippen molar-refractivity contribution in [1.29, 1.82) is 0 Å². The summed E-state index contributed by atoms with van der Waals surface area (Å²) in [6.45, 7) is 6.53. The van der Waals surface area contributed by atoms with E-state index in [2.05, 4.69) is 56.9 Å². The largest absolute Gasteiger partial charge is 0.490 e. The van der Waals surface area contributed by atoms with E-state index < -0.39 is 12.1 Å². The summed E-state index contributed by atoms with van der Waals surface area (Å²) in [5.74, 6) is -1.73. The van der Waals surface area contributed by atoms with E-state index in [1.165, 1.54) is 22.4 Å². The molecule has 0 radical (unpaired) electrons. The number of nitrogens with zero attached hydrogens (tertiary/aromatic N) is 5. The minimum absolute atomic E-state index is 0.117. The monoisotopic (exact) mass is 477 g/mol. The quantitative estimate of drug-likeness (QED) is 0.623. The maximum atomic E-state index is 10.6. The summed E-state index contributed by atoms with van der Waals surface area (Å²) in [7, 11) is 1.96. The Labute approximate surface area is 194 Å². The molecule has 5 rings (SSSR count). The van der Waals surface area contributed by atoms with Gasteiger partial charge in [0, 0.05) is 44.0 Å². The predicted molar refractivity (Wildman–Crippen MR) is 117 cm³/mol. The lowest BCUT2D eigenvalue weighted by Crippen LogP contribution is -2.44. The zero-order chi connectivity index (χ0) is 24.5. The Kier molecular flexibility index (Phi) is 6.50. The normalized spacial score (nSPS) is 20.1. The van der Waals surface area contributed by atoms with Gasteiger partial charge in [-0.25, -0.2) is 9.78 Å². The maximum absolute atomic E-state index is 10.6. The third-order valence-electron chi connectivity index (χ3n) is 6.01. The molecule has 0 amide bonds. The molecule has 0 aliphatic carbocycles. The molecule has 1 atom stereocenters. The summed E-state index contributed by atoms with van der Waals surface area (Å²) in [5, 5.41) is 11.4. The van der Waals surface area contributed by atoms with Crippen LogP contribution in [0, 0.1) is 6.92 Å². The highest BCUT2D eigenvalue weighted by atomic mass is 19.4. The number of carbonyl (C=O) groups is 1. The molecule has 1 fully saturated rings. The maximum Gasteiger partial charge on any atom is 0.490 e. The molecule has 8 nitrogen and oxygen atoms in total. The van der Waals surface area contributed by atoms with Gasteiger partial charge in [0.05, 0.1) is 24.6 Å². The Morgan fingerprint density at radius 3 is 2.68 bits per heavy atom. The molecule has 11 heteroatoms. The SMILES string of the molecule is Cc1cccc(-c2cnc3n2CC2(CCN(Cc4cnn(C)c4)C2)OC3)c1.O=C(O)C(F)(F)F. The Morgan fingerprint density at radius 2 is 2.03 bits per heavy atom. The van der Waals surface area contributed by atoms with Gasteiger partial charge in [0.25, 0.3) is 0 Å². The molecule has 1 unspecified atom stereocenters. The smallest absolute Gasteiger partial charge is 0.475 e. The number of benzene rings is 1. The van der Waals surface area contributed by atoms with Crippen LogP contribution in [0.5, 0.6) is 0 Å². The number of alkyl halides is 3. The van der Waals surface area contributed by atoms with Gasteiger partial charge in [-0.3, -0.25) is 9.58 Å². The van der Waals surface area contributed by atoms with Crippen LogP contribution in [0.15, 0.2) is 42.9 Å². The van der Waals surface area contributed by atoms with E-state index in [0.29, 0.717) is 6.61 Å². The highest BCUT2D eigenvalue weighted by Gasteiger charge is 2.43. The average molecular weight is 477 g/mol. The van der Waals surface area contributed by atoms with Gasteiger partial charge in [0.15, 0.2) is 0 Å². The molecule has 3 aromatic rings. The van der Waals surface area contributed by atoms with Crippen LogP contribution in [0.3, 0.4) is 0 Å². The first-order valence-electron chi connectivity index (χ1n) is 10.8. The van der Waals surface area contributed by atoms with Gasteiger partial charge >= 0.3 is 12.1 Å². The van der Waals surface area contributed by atoms with E-state index >= 15 is 0 Å². The van der Waals surface area contributed by atoms with Crippen molar-refractivity contribution in [3.63, 3.8) is 0 Å². The Balaban J connectivity index is 0.000000344. The number of rotatable bonds is 3. The van der Waals surface area contributed by atoms with Crippen LogP contribution in [0.25, 0.3) is 11.3 Å². The Bertz CT molecular complexity index is 1170. The van der Waals surface area contributed by atoms with Crippen LogP contribution in [0.4, 0.5) is 13.2 Å². The number of fused-ring (bicyclic) bond motifs is 1. The number of hydrogen-bond donors (Lipinski definition) is 1. The summed E-state index contributed by atoms with van der Waals surface area (Å²) in [4.78, 5) is 16.0. The molecule has 182 valence electrons. The lowest BCUT2D eigenvalue weighted by molar-refractivity contribution is -0.192. The number of aromatic nitrogens is 4. The third kappa shape index (κ3) is 5.31. The van der Waals surface area contributed by atoms with Gasteiger partial charge < -0.3 is 14.4 Å². The fraction of sp³-hybridized carbons (Fsp3) is 0.435. The number of carboxylic acids is 1. The topological polar surface area (TPSA) is 85.4 Å². The van der Waals surface area contributed by atoms with Crippen molar-refractivity contribution in [3.8, 4) is 11.3 Å². The van der Waals surface area contributed by atoms with E-state index in [1.807, 2.05) is 24.1 Å². The van der Waals surface area contributed by atoms with Crippen LogP contribution >= 0.6 is 0 Å². The summed E-state index contributed by atoms with van der Waals surface area (Å²) >= 11 is 0. The van der Waals surface area contributed by atoms with Crippen molar-refractivity contribution in [2.24, 2.45) is 7.05 Å². The zero-order valence-corrected chi connectivity index (χ0v) is 18.9. The average Bonchev–Trinajstić information content (AvgIpc) is 3.47. The second-order valence-corrected chi connectivity index (χ2v) is 8.77. The Hall–Kier alpha value is -3.18. The first kappa shape index (κ1) is 24.0. The van der Waals surface area contributed by atoms with E-state index in [9.17, 15) is 13.2 Å². The van der Waals surface area contributed by atoms with Crippen molar-refractivity contribution >= 4 is 5.97 Å². The van der Waals surface area contributed by atoms with E-state index in [4.69, 9.17) is 14.6 Å². The molecule has 2 aliphatic heterocycles. The molecule has 1 spiro atoms. The van der Waals surface area contributed by atoms with Crippen LogP contribution in [0.1, 0.15) is 23.4 Å². The number of likely N-dealkylation sites (tertiary alicyclic amines) is 1. The molecule has 34 heavy (non-hydrogen) atoms. The summed E-state index contributed by atoms with van der Waals surface area (Å²) in [5.41, 5.74) is 4.84. The van der Waals surface area contributed by atoms with Crippen molar-refractivity contribution in [3.05, 3.63) is 59.8 Å². The van der Waals surface area contributed by atoms with Crippen LogP contribution in [0.2, 0.25) is 0 Å². The van der Waals surface area contributed by atoms with Gasteiger partial charge in [-0.05, 0) is 19.4 Å². The van der Waals surface area contributed by atoms with Crippen molar-refractivity contribution in [1.82, 2.24) is 24.2 Å². The first-order chi connectivity index (χ1) is 16.0. The second-order valence-electron chi connectivity index (χ2n) is 8.77. The number of aliphatic carboxylic acids is 1. The number of halogens is 3. The number of aryl methyl sites for hydroxylation is 2. The summed E-state index contributed by atoms with van der Waals surface area (Å²) < 4.78 is 42.3. The summed E-state index contributed by atoms with van der Waals surface area (Å²) in [6, 6.07) is 8.65. The summed E-state index contributed by atoms with van der Waals surface area (Å²) in [6.07, 6.45) is 2.01. The van der Waals surface area contributed by atoms with E-state index in [1.54, 1.807) is 0 Å². The predicted octanol–water partition coefficient (Wildman–Crippen LogP) is 3.40. The van der Waals surface area contributed by atoms with Gasteiger partial charge in [-0.2, -0.15) is 18.3 Å². The van der Waals surface area contributed by atoms with Crippen LogP contribution in [-0.4, -0.2) is 60.2 Å². The third-order valence-corrected chi connectivity index (χ3v) is 6.01. The molecule has 2 aromatic heterocycles. The minimum Gasteiger partial charge on any atom is -0.475 e. The molecule has 0 bridgehead atoms. The fourth-order valence-electron chi connectivity index (χ4n) is 4.41.